The van der Waals surface area contributed by atoms with E-state index in [1.807, 2.05) is 0 Å². The lowest BCUT2D eigenvalue weighted by Crippen LogP contribution is -2.23. The molecule has 100 valence electrons. The molecule has 3 N–H and O–H groups in total. The second kappa shape index (κ2) is 6.14. The Balaban J connectivity index is 1.76. The summed E-state index contributed by atoms with van der Waals surface area (Å²) in [5.41, 5.74) is 5.21. The number of nitrogens with zero attached hydrogens (tertiary/aromatic N) is 4. The molecule has 0 saturated heterocycles. The topological polar surface area (TPSA) is 98.7 Å². The summed E-state index contributed by atoms with van der Waals surface area (Å²) in [5, 5.41) is 15.7. The number of aromatic nitrogens is 4. The van der Waals surface area contributed by atoms with Gasteiger partial charge in [0.25, 0.3) is 0 Å². The number of rotatable bonds is 8. The highest BCUT2D eigenvalue weighted by Crippen LogP contribution is 2.19. The second-order valence-electron chi connectivity index (χ2n) is 4.53. The van der Waals surface area contributed by atoms with Crippen LogP contribution in [0.15, 0.2) is 5.16 Å². The van der Waals surface area contributed by atoms with Crippen LogP contribution in [0.5, 0.6) is 0 Å². The maximum absolute atomic E-state index is 10.9. The zero-order chi connectivity index (χ0) is 13.0. The fourth-order valence-corrected chi connectivity index (χ4v) is 2.32. The van der Waals surface area contributed by atoms with Crippen LogP contribution in [0.4, 0.5) is 0 Å². The van der Waals surface area contributed by atoms with E-state index in [0.717, 1.165) is 18.2 Å². The van der Waals surface area contributed by atoms with Crippen molar-refractivity contribution >= 4 is 17.7 Å². The van der Waals surface area contributed by atoms with Crippen LogP contribution in [0, 0.1) is 5.92 Å². The van der Waals surface area contributed by atoms with Crippen molar-refractivity contribution in [3.63, 3.8) is 0 Å². The molecule has 1 heterocycles. The van der Waals surface area contributed by atoms with Crippen LogP contribution in [-0.2, 0) is 11.3 Å². The van der Waals surface area contributed by atoms with Crippen molar-refractivity contribution in [2.24, 2.45) is 11.7 Å². The third-order valence-electron chi connectivity index (χ3n) is 2.78. The summed E-state index contributed by atoms with van der Waals surface area (Å²) < 4.78 is 1.76. The molecule has 0 radical (unpaired) electrons. The maximum atomic E-state index is 10.9. The Hall–Kier alpha value is -1.15. The van der Waals surface area contributed by atoms with Gasteiger partial charge in [0, 0.05) is 24.3 Å². The molecule has 1 aliphatic rings. The third kappa shape index (κ3) is 3.95. The average molecular weight is 270 g/mol. The Morgan fingerprint density at radius 1 is 1.67 bits per heavy atom. The number of primary amides is 1. The predicted molar refractivity (Wildman–Crippen MR) is 67.9 cm³/mol. The first-order chi connectivity index (χ1) is 8.66. The van der Waals surface area contributed by atoms with Gasteiger partial charge >= 0.3 is 0 Å². The summed E-state index contributed by atoms with van der Waals surface area (Å²) in [6.45, 7) is 3.42. The van der Waals surface area contributed by atoms with Gasteiger partial charge < -0.3 is 11.1 Å². The molecule has 0 aliphatic heterocycles. The third-order valence-corrected chi connectivity index (χ3v) is 4.00. The summed E-state index contributed by atoms with van der Waals surface area (Å²) in [4.78, 5) is 10.9. The Labute approximate surface area is 110 Å². The number of tetrazole rings is 1. The van der Waals surface area contributed by atoms with Crippen molar-refractivity contribution < 1.29 is 4.79 Å². The van der Waals surface area contributed by atoms with Gasteiger partial charge in [0.05, 0.1) is 6.54 Å². The lowest BCUT2D eigenvalue weighted by Gasteiger charge is -2.07. The van der Waals surface area contributed by atoms with Crippen molar-refractivity contribution in [3.8, 4) is 0 Å². The highest BCUT2D eigenvalue weighted by atomic mass is 32.2. The van der Waals surface area contributed by atoms with Crippen molar-refractivity contribution in [1.29, 1.82) is 0 Å². The van der Waals surface area contributed by atoms with Gasteiger partial charge in [0.15, 0.2) is 0 Å². The first-order valence-corrected chi connectivity index (χ1v) is 7.07. The highest BCUT2D eigenvalue weighted by Gasteiger charge is 2.20. The molecule has 1 unspecified atom stereocenters. The quantitative estimate of drug-likeness (QED) is 0.626. The lowest BCUT2D eigenvalue weighted by atomic mass is 10.2. The van der Waals surface area contributed by atoms with E-state index in [9.17, 15) is 4.79 Å². The monoisotopic (exact) mass is 270 g/mol. The second-order valence-corrected chi connectivity index (χ2v) is 5.51. The smallest absolute Gasteiger partial charge is 0.221 e. The molecule has 2 rings (SSSR count). The van der Waals surface area contributed by atoms with Crippen molar-refractivity contribution in [1.82, 2.24) is 25.5 Å². The molecule has 1 saturated carbocycles. The van der Waals surface area contributed by atoms with Crippen LogP contribution in [0.3, 0.4) is 0 Å². The summed E-state index contributed by atoms with van der Waals surface area (Å²) in [6.07, 6.45) is 2.54. The van der Waals surface area contributed by atoms with E-state index >= 15 is 0 Å². The molecule has 18 heavy (non-hydrogen) atoms. The number of hydrogen-bond acceptors (Lipinski definition) is 6. The summed E-state index contributed by atoms with van der Waals surface area (Å²) >= 11 is 1.46. The molecule has 8 heteroatoms. The number of amides is 1. The summed E-state index contributed by atoms with van der Waals surface area (Å²) in [5.74, 6) is 0.132. The first kappa shape index (κ1) is 13.3. The number of nitrogens with one attached hydrogen (secondary N) is 1. The average Bonchev–Trinajstić information content (AvgIpc) is 3.05. The van der Waals surface area contributed by atoms with Gasteiger partial charge in [-0.3, -0.25) is 4.79 Å². The fraction of sp³-hybridized carbons (Fsp3) is 0.800. The lowest BCUT2D eigenvalue weighted by molar-refractivity contribution is -0.120. The van der Waals surface area contributed by atoms with E-state index in [0.29, 0.717) is 11.8 Å². The van der Waals surface area contributed by atoms with Gasteiger partial charge in [-0.25, -0.2) is 4.68 Å². The molecule has 1 aromatic heterocycles. The van der Waals surface area contributed by atoms with E-state index in [-0.39, 0.29) is 11.8 Å². The van der Waals surface area contributed by atoms with Gasteiger partial charge in [0.2, 0.25) is 11.1 Å². The standard InChI is InChI=1S/C10H18N6OS/c1-7(9(11)17)6-18-10-13-14-15-16(10)5-4-12-8-2-3-8/h7-8,12H,2-6H2,1H3,(H2,11,17). The van der Waals surface area contributed by atoms with Crippen LogP contribution in [0.25, 0.3) is 0 Å². The van der Waals surface area contributed by atoms with Crippen molar-refractivity contribution in [2.45, 2.75) is 37.5 Å². The maximum Gasteiger partial charge on any atom is 0.221 e. The van der Waals surface area contributed by atoms with Crippen LogP contribution < -0.4 is 11.1 Å². The molecule has 1 aliphatic carbocycles. The summed E-state index contributed by atoms with van der Waals surface area (Å²) in [7, 11) is 0. The molecule has 1 amide bonds. The van der Waals surface area contributed by atoms with Gasteiger partial charge in [-0.15, -0.1) is 5.10 Å². The molecular weight excluding hydrogens is 252 g/mol. The molecule has 0 bridgehead atoms. The van der Waals surface area contributed by atoms with Gasteiger partial charge in [0.1, 0.15) is 0 Å². The summed E-state index contributed by atoms with van der Waals surface area (Å²) in [6, 6.07) is 0.687. The minimum absolute atomic E-state index is 0.176. The number of nitrogens with two attached hydrogens (primary N) is 1. The predicted octanol–water partition coefficient (Wildman–Crippen LogP) is -0.361. The number of carbonyl (C=O) groups excluding carboxylic acids is 1. The SMILES string of the molecule is CC(CSc1nnnn1CCNC1CC1)C(N)=O. The highest BCUT2D eigenvalue weighted by molar-refractivity contribution is 7.99. The minimum atomic E-state index is -0.295. The molecule has 0 spiro atoms. The van der Waals surface area contributed by atoms with Crippen molar-refractivity contribution in [3.05, 3.63) is 0 Å². The van der Waals surface area contributed by atoms with Gasteiger partial charge in [-0.05, 0) is 23.3 Å². The van der Waals surface area contributed by atoms with Crippen LogP contribution in [0.2, 0.25) is 0 Å². The van der Waals surface area contributed by atoms with Crippen LogP contribution >= 0.6 is 11.8 Å². The van der Waals surface area contributed by atoms with Crippen LogP contribution in [-0.4, -0.2) is 44.5 Å². The van der Waals surface area contributed by atoms with Crippen molar-refractivity contribution in [2.75, 3.05) is 12.3 Å². The molecule has 0 aromatic carbocycles. The Morgan fingerprint density at radius 2 is 2.44 bits per heavy atom. The zero-order valence-electron chi connectivity index (χ0n) is 10.4. The number of thioether (sulfide) groups is 1. The molecular formula is C10H18N6OS. The van der Waals surface area contributed by atoms with E-state index in [1.54, 1.807) is 11.6 Å². The largest absolute Gasteiger partial charge is 0.369 e. The Morgan fingerprint density at radius 3 is 3.11 bits per heavy atom. The molecule has 1 atom stereocenters. The van der Waals surface area contributed by atoms with Gasteiger partial charge in [-0.1, -0.05) is 18.7 Å². The zero-order valence-corrected chi connectivity index (χ0v) is 11.2. The normalized spacial score (nSPS) is 16.7. The molecule has 1 fully saturated rings. The first-order valence-electron chi connectivity index (χ1n) is 6.08. The number of hydrogen-bond donors (Lipinski definition) is 2. The van der Waals surface area contributed by atoms with E-state index in [4.69, 9.17) is 5.73 Å². The van der Waals surface area contributed by atoms with Crippen LogP contribution in [0.1, 0.15) is 19.8 Å². The Bertz CT molecular complexity index is 405. The van der Waals surface area contributed by atoms with E-state index in [2.05, 4.69) is 20.8 Å². The van der Waals surface area contributed by atoms with E-state index < -0.39 is 0 Å². The van der Waals surface area contributed by atoms with Gasteiger partial charge in [-0.2, -0.15) is 0 Å². The fourth-order valence-electron chi connectivity index (χ4n) is 1.38. The Kier molecular flexibility index (Phi) is 4.54. The molecule has 1 aromatic rings. The van der Waals surface area contributed by atoms with E-state index in [1.165, 1.54) is 24.6 Å². The minimum Gasteiger partial charge on any atom is -0.369 e. The molecule has 7 nitrogen and oxygen atoms in total. The number of carbonyl (C=O) groups is 1.